The van der Waals surface area contributed by atoms with E-state index in [1.807, 2.05) is 0 Å². The number of para-hydroxylation sites is 1. The van der Waals surface area contributed by atoms with Crippen molar-refractivity contribution in [3.8, 4) is 0 Å². The largest absolute Gasteiger partial charge is 0.480 e. The molecule has 1 N–H and O–H groups in total. The van der Waals surface area contributed by atoms with Gasteiger partial charge in [0.1, 0.15) is 6.54 Å². The first-order valence-corrected chi connectivity index (χ1v) is 6.78. The van der Waals surface area contributed by atoms with Gasteiger partial charge in [0.15, 0.2) is 0 Å². The van der Waals surface area contributed by atoms with E-state index in [2.05, 4.69) is 0 Å². The van der Waals surface area contributed by atoms with E-state index in [-0.39, 0.29) is 10.6 Å². The van der Waals surface area contributed by atoms with Crippen LogP contribution in [0.4, 0.5) is 5.69 Å². The van der Waals surface area contributed by atoms with E-state index in [0.717, 1.165) is 4.90 Å². The molecule has 0 aliphatic rings. The number of carbonyl (C=O) groups is 2. The van der Waals surface area contributed by atoms with Gasteiger partial charge in [-0.05, 0) is 30.3 Å². The minimum Gasteiger partial charge on any atom is -0.480 e. The quantitative estimate of drug-likeness (QED) is 0.932. The molecule has 2 aromatic carbocycles. The highest BCUT2D eigenvalue weighted by atomic mass is 35.5. The van der Waals surface area contributed by atoms with E-state index in [1.54, 1.807) is 30.3 Å². The molecule has 0 saturated carbocycles. The van der Waals surface area contributed by atoms with Crippen LogP contribution in [0.3, 0.4) is 0 Å². The zero-order valence-corrected chi connectivity index (χ0v) is 12.3. The van der Waals surface area contributed by atoms with Crippen LogP contribution in [0.5, 0.6) is 0 Å². The molecule has 0 unspecified atom stereocenters. The second-order valence-electron chi connectivity index (χ2n) is 4.24. The molecule has 2 rings (SSSR count). The smallest absolute Gasteiger partial charge is 0.323 e. The molecule has 0 radical (unpaired) electrons. The average molecular weight is 324 g/mol. The summed E-state index contributed by atoms with van der Waals surface area (Å²) in [5.41, 5.74) is 0.682. The number of amides is 1. The second kappa shape index (κ2) is 6.61. The fourth-order valence-corrected chi connectivity index (χ4v) is 2.32. The number of nitrogens with zero attached hydrogens (tertiary/aromatic N) is 1. The van der Waals surface area contributed by atoms with E-state index < -0.39 is 18.4 Å². The highest BCUT2D eigenvalue weighted by Crippen LogP contribution is 2.24. The minimum absolute atomic E-state index is 0.179. The van der Waals surface area contributed by atoms with Crippen molar-refractivity contribution in [3.05, 3.63) is 64.1 Å². The van der Waals surface area contributed by atoms with Crippen molar-refractivity contribution < 1.29 is 14.7 Å². The maximum Gasteiger partial charge on any atom is 0.323 e. The number of hydrogen-bond donors (Lipinski definition) is 1. The van der Waals surface area contributed by atoms with Crippen LogP contribution in [-0.4, -0.2) is 23.5 Å². The predicted octanol–water partition coefficient (Wildman–Crippen LogP) is 3.72. The SMILES string of the molecule is O=C(O)CN(C(=O)c1ccc(Cl)cc1Cl)c1ccccc1. The van der Waals surface area contributed by atoms with Crippen molar-refractivity contribution in [1.29, 1.82) is 0 Å². The number of halogens is 2. The van der Waals surface area contributed by atoms with Gasteiger partial charge in [-0.2, -0.15) is 0 Å². The summed E-state index contributed by atoms with van der Waals surface area (Å²) in [6.45, 7) is -0.457. The van der Waals surface area contributed by atoms with Gasteiger partial charge in [-0.3, -0.25) is 14.5 Å². The fourth-order valence-electron chi connectivity index (χ4n) is 1.83. The van der Waals surface area contributed by atoms with Crippen molar-refractivity contribution in [2.45, 2.75) is 0 Å². The summed E-state index contributed by atoms with van der Waals surface area (Å²) in [6.07, 6.45) is 0. The summed E-state index contributed by atoms with van der Waals surface area (Å²) in [5.74, 6) is -1.61. The van der Waals surface area contributed by atoms with E-state index >= 15 is 0 Å². The molecule has 0 atom stereocenters. The lowest BCUT2D eigenvalue weighted by molar-refractivity contribution is -0.135. The Bertz CT molecular complexity index is 674. The maximum absolute atomic E-state index is 12.5. The van der Waals surface area contributed by atoms with Gasteiger partial charge in [0.2, 0.25) is 0 Å². The molecule has 21 heavy (non-hydrogen) atoms. The summed E-state index contributed by atoms with van der Waals surface area (Å²) in [7, 11) is 0. The van der Waals surface area contributed by atoms with Crippen LogP contribution in [0.2, 0.25) is 10.0 Å². The summed E-state index contributed by atoms with van der Waals surface area (Å²) in [6, 6.07) is 13.0. The first-order chi connectivity index (χ1) is 9.99. The van der Waals surface area contributed by atoms with Gasteiger partial charge in [-0.25, -0.2) is 0 Å². The molecule has 0 fully saturated rings. The maximum atomic E-state index is 12.5. The molecule has 0 aliphatic carbocycles. The topological polar surface area (TPSA) is 57.6 Å². The monoisotopic (exact) mass is 323 g/mol. The van der Waals surface area contributed by atoms with Gasteiger partial charge in [0.05, 0.1) is 10.6 Å². The lowest BCUT2D eigenvalue weighted by Gasteiger charge is -2.21. The van der Waals surface area contributed by atoms with Gasteiger partial charge in [0.25, 0.3) is 5.91 Å². The van der Waals surface area contributed by atoms with Crippen LogP contribution in [0, 0.1) is 0 Å². The molecule has 0 spiro atoms. The zero-order chi connectivity index (χ0) is 15.4. The molecular weight excluding hydrogens is 313 g/mol. The molecule has 2 aromatic rings. The first kappa shape index (κ1) is 15.4. The van der Waals surface area contributed by atoms with E-state index in [1.165, 1.54) is 18.2 Å². The van der Waals surface area contributed by atoms with Crippen LogP contribution in [0.1, 0.15) is 10.4 Å². The Morgan fingerprint density at radius 3 is 2.29 bits per heavy atom. The number of rotatable bonds is 4. The van der Waals surface area contributed by atoms with E-state index in [0.29, 0.717) is 10.7 Å². The predicted molar refractivity (Wildman–Crippen MR) is 82.2 cm³/mol. The molecule has 0 aromatic heterocycles. The van der Waals surface area contributed by atoms with E-state index in [4.69, 9.17) is 28.3 Å². The number of anilines is 1. The molecule has 6 heteroatoms. The van der Waals surface area contributed by atoms with Gasteiger partial charge in [-0.1, -0.05) is 41.4 Å². The minimum atomic E-state index is -1.11. The Labute approximate surface area is 131 Å². The van der Waals surface area contributed by atoms with Crippen molar-refractivity contribution in [3.63, 3.8) is 0 Å². The lowest BCUT2D eigenvalue weighted by atomic mass is 10.1. The van der Waals surface area contributed by atoms with Gasteiger partial charge in [-0.15, -0.1) is 0 Å². The Balaban J connectivity index is 2.41. The normalized spacial score (nSPS) is 10.2. The van der Waals surface area contributed by atoms with Crippen LogP contribution in [0.25, 0.3) is 0 Å². The Morgan fingerprint density at radius 1 is 1.05 bits per heavy atom. The highest BCUT2D eigenvalue weighted by Gasteiger charge is 2.22. The number of carboxylic acid groups (broad SMARTS) is 1. The Kier molecular flexibility index (Phi) is 4.83. The van der Waals surface area contributed by atoms with Gasteiger partial charge < -0.3 is 5.11 Å². The molecule has 0 heterocycles. The molecule has 0 saturated heterocycles. The van der Waals surface area contributed by atoms with Crippen LogP contribution >= 0.6 is 23.2 Å². The third kappa shape index (κ3) is 3.74. The van der Waals surface area contributed by atoms with Crippen LogP contribution < -0.4 is 4.90 Å². The summed E-state index contributed by atoms with van der Waals surface area (Å²) < 4.78 is 0. The summed E-state index contributed by atoms with van der Waals surface area (Å²) >= 11 is 11.8. The number of hydrogen-bond acceptors (Lipinski definition) is 2. The van der Waals surface area contributed by atoms with Crippen molar-refractivity contribution in [2.75, 3.05) is 11.4 Å². The molecule has 4 nitrogen and oxygen atoms in total. The number of aliphatic carboxylic acids is 1. The standard InChI is InChI=1S/C15H11Cl2NO3/c16-10-6-7-12(13(17)8-10)15(21)18(9-14(19)20)11-4-2-1-3-5-11/h1-8H,9H2,(H,19,20). The fraction of sp³-hybridized carbons (Fsp3) is 0.0667. The van der Waals surface area contributed by atoms with Crippen LogP contribution in [0.15, 0.2) is 48.5 Å². The second-order valence-corrected chi connectivity index (χ2v) is 5.09. The average Bonchev–Trinajstić information content (AvgIpc) is 2.45. The van der Waals surface area contributed by atoms with Crippen LogP contribution in [-0.2, 0) is 4.79 Å². The molecule has 0 bridgehead atoms. The number of benzene rings is 2. The van der Waals surface area contributed by atoms with Crippen molar-refractivity contribution in [1.82, 2.24) is 0 Å². The highest BCUT2D eigenvalue weighted by molar-refractivity contribution is 6.37. The molecule has 108 valence electrons. The number of carboxylic acids is 1. The zero-order valence-electron chi connectivity index (χ0n) is 10.8. The molecular formula is C15H11Cl2NO3. The van der Waals surface area contributed by atoms with Crippen molar-refractivity contribution >= 4 is 40.8 Å². The first-order valence-electron chi connectivity index (χ1n) is 6.03. The lowest BCUT2D eigenvalue weighted by Crippen LogP contribution is -2.35. The van der Waals surface area contributed by atoms with E-state index in [9.17, 15) is 9.59 Å². The van der Waals surface area contributed by atoms with Gasteiger partial charge >= 0.3 is 5.97 Å². The number of carbonyl (C=O) groups excluding carboxylic acids is 1. The van der Waals surface area contributed by atoms with Gasteiger partial charge in [0, 0.05) is 10.7 Å². The third-order valence-electron chi connectivity index (χ3n) is 2.77. The van der Waals surface area contributed by atoms with Crippen molar-refractivity contribution in [2.24, 2.45) is 0 Å². The Hall–Kier alpha value is -2.04. The Morgan fingerprint density at radius 2 is 1.71 bits per heavy atom. The summed E-state index contributed by atoms with van der Waals surface area (Å²) in [4.78, 5) is 24.7. The molecule has 0 aliphatic heterocycles. The third-order valence-corrected chi connectivity index (χ3v) is 3.32. The summed E-state index contributed by atoms with van der Waals surface area (Å²) in [5, 5.41) is 9.59. The molecule has 1 amide bonds.